The number of likely N-dealkylation sites (tertiary alicyclic amines) is 2. The fraction of sp³-hybridized carbons (Fsp3) is 1.00. The number of hydrogen-bond donors (Lipinski definition) is 1. The smallest absolute Gasteiger partial charge is 0.0635 e. The van der Waals surface area contributed by atoms with Gasteiger partial charge in [-0.25, -0.2) is 0 Å². The monoisotopic (exact) mass is 224 g/mol. The quantitative estimate of drug-likeness (QED) is 0.713. The van der Waals surface area contributed by atoms with E-state index in [0.717, 1.165) is 13.1 Å². The van der Waals surface area contributed by atoms with E-state index in [0.29, 0.717) is 17.9 Å². The third-order valence-electron chi connectivity index (χ3n) is 4.93. The lowest BCUT2D eigenvalue weighted by atomic mass is 9.72. The summed E-state index contributed by atoms with van der Waals surface area (Å²) in [6, 6.07) is 0.663. The van der Waals surface area contributed by atoms with Crippen molar-refractivity contribution < 1.29 is 5.11 Å². The molecule has 16 heavy (non-hydrogen) atoms. The van der Waals surface area contributed by atoms with E-state index in [2.05, 4.69) is 16.8 Å². The Kier molecular flexibility index (Phi) is 2.94. The fourth-order valence-electron chi connectivity index (χ4n) is 4.14. The van der Waals surface area contributed by atoms with Gasteiger partial charge in [-0.1, -0.05) is 0 Å². The van der Waals surface area contributed by atoms with Gasteiger partial charge in [0.1, 0.15) is 0 Å². The van der Waals surface area contributed by atoms with Crippen molar-refractivity contribution in [2.24, 2.45) is 11.8 Å². The first-order valence-corrected chi connectivity index (χ1v) is 6.86. The number of fused-ring (bicyclic) bond motifs is 2. The van der Waals surface area contributed by atoms with Gasteiger partial charge in [-0.3, -0.25) is 4.90 Å². The van der Waals surface area contributed by atoms with Gasteiger partial charge in [-0.05, 0) is 51.7 Å². The average Bonchev–Trinajstić information content (AvgIpc) is 2.74. The van der Waals surface area contributed by atoms with Crippen LogP contribution in [0.3, 0.4) is 0 Å². The van der Waals surface area contributed by atoms with Crippen LogP contribution in [0.1, 0.15) is 25.7 Å². The van der Waals surface area contributed by atoms with Crippen LogP contribution >= 0.6 is 0 Å². The van der Waals surface area contributed by atoms with Crippen molar-refractivity contribution in [1.29, 1.82) is 0 Å². The molecule has 3 heteroatoms. The van der Waals surface area contributed by atoms with E-state index in [9.17, 15) is 5.11 Å². The van der Waals surface area contributed by atoms with Crippen molar-refractivity contribution in [2.75, 3.05) is 33.2 Å². The Labute approximate surface area is 98.4 Å². The Morgan fingerprint density at radius 2 is 1.81 bits per heavy atom. The maximum atomic E-state index is 10.4. The van der Waals surface area contributed by atoms with Crippen molar-refractivity contribution in [3.8, 4) is 0 Å². The molecule has 0 radical (unpaired) electrons. The molecule has 92 valence electrons. The molecule has 1 aliphatic carbocycles. The highest BCUT2D eigenvalue weighted by atomic mass is 16.3. The highest BCUT2D eigenvalue weighted by Crippen LogP contribution is 2.38. The summed E-state index contributed by atoms with van der Waals surface area (Å²) in [5.41, 5.74) is 0. The molecular weight excluding hydrogens is 200 g/mol. The van der Waals surface area contributed by atoms with Crippen molar-refractivity contribution >= 4 is 0 Å². The van der Waals surface area contributed by atoms with Gasteiger partial charge < -0.3 is 10.0 Å². The molecule has 1 saturated carbocycles. The van der Waals surface area contributed by atoms with Crippen LogP contribution in [-0.4, -0.2) is 60.3 Å². The molecule has 3 fully saturated rings. The van der Waals surface area contributed by atoms with Crippen LogP contribution < -0.4 is 0 Å². The SMILES string of the molecule is CN1C[C@H]2CC[C@H](N3CCCC3)[C@@H](C1)C2O. The molecule has 1 N–H and O–H groups in total. The summed E-state index contributed by atoms with van der Waals surface area (Å²) in [6.45, 7) is 4.73. The Hall–Kier alpha value is -0.120. The topological polar surface area (TPSA) is 26.7 Å². The van der Waals surface area contributed by atoms with Crippen LogP contribution in [0.25, 0.3) is 0 Å². The molecule has 0 spiro atoms. The first-order valence-electron chi connectivity index (χ1n) is 6.86. The molecule has 0 aromatic heterocycles. The van der Waals surface area contributed by atoms with Gasteiger partial charge >= 0.3 is 0 Å². The number of nitrogens with zero attached hydrogens (tertiary/aromatic N) is 2. The molecule has 1 unspecified atom stereocenters. The Morgan fingerprint density at radius 1 is 1.06 bits per heavy atom. The van der Waals surface area contributed by atoms with Crippen molar-refractivity contribution in [3.05, 3.63) is 0 Å². The van der Waals surface area contributed by atoms with E-state index in [1.165, 1.54) is 38.8 Å². The lowest BCUT2D eigenvalue weighted by Gasteiger charge is -2.50. The standard InChI is InChI=1S/C13H24N2O/c1-14-8-10-4-5-12(11(9-14)13(10)16)15-6-2-3-7-15/h10-13,16H,2-9H2,1H3/t10-,11-,12+,13?/m1/s1. The molecule has 2 heterocycles. The molecule has 4 atom stereocenters. The van der Waals surface area contributed by atoms with Gasteiger partial charge in [0.2, 0.25) is 0 Å². The molecular formula is C13H24N2O. The summed E-state index contributed by atoms with van der Waals surface area (Å²) in [6.07, 6.45) is 5.23. The summed E-state index contributed by atoms with van der Waals surface area (Å²) in [5, 5.41) is 10.4. The second kappa shape index (κ2) is 4.28. The zero-order valence-electron chi connectivity index (χ0n) is 10.3. The van der Waals surface area contributed by atoms with Crippen LogP contribution in [0, 0.1) is 11.8 Å². The van der Waals surface area contributed by atoms with E-state index < -0.39 is 0 Å². The molecule has 2 saturated heterocycles. The predicted octanol–water partition coefficient (Wildman–Crippen LogP) is 0.783. The maximum absolute atomic E-state index is 10.4. The van der Waals surface area contributed by atoms with Crippen molar-refractivity contribution in [1.82, 2.24) is 9.80 Å². The van der Waals surface area contributed by atoms with Gasteiger partial charge in [0.15, 0.2) is 0 Å². The summed E-state index contributed by atoms with van der Waals surface area (Å²) < 4.78 is 0. The highest BCUT2D eigenvalue weighted by molar-refractivity contribution is 4.98. The van der Waals surface area contributed by atoms with Crippen LogP contribution in [0.5, 0.6) is 0 Å². The second-order valence-electron chi connectivity index (χ2n) is 6.02. The van der Waals surface area contributed by atoms with Crippen LogP contribution in [-0.2, 0) is 0 Å². The van der Waals surface area contributed by atoms with E-state index in [1.54, 1.807) is 0 Å². The number of rotatable bonds is 1. The second-order valence-corrected chi connectivity index (χ2v) is 6.02. The molecule has 2 bridgehead atoms. The van der Waals surface area contributed by atoms with Crippen molar-refractivity contribution in [2.45, 2.75) is 37.8 Å². The minimum absolute atomic E-state index is 0.0319. The first-order chi connectivity index (χ1) is 7.75. The molecule has 2 aliphatic heterocycles. The van der Waals surface area contributed by atoms with Gasteiger partial charge in [-0.2, -0.15) is 0 Å². The van der Waals surface area contributed by atoms with E-state index in [1.807, 2.05) is 0 Å². The molecule has 0 aromatic rings. The zero-order chi connectivity index (χ0) is 11.1. The number of aliphatic hydroxyl groups is 1. The Morgan fingerprint density at radius 3 is 2.56 bits per heavy atom. The van der Waals surface area contributed by atoms with Crippen LogP contribution in [0.4, 0.5) is 0 Å². The lowest BCUT2D eigenvalue weighted by molar-refractivity contribution is -0.0800. The summed E-state index contributed by atoms with van der Waals surface area (Å²) >= 11 is 0. The third-order valence-corrected chi connectivity index (χ3v) is 4.93. The van der Waals surface area contributed by atoms with Gasteiger partial charge in [0.25, 0.3) is 0 Å². The molecule has 0 aromatic carbocycles. The van der Waals surface area contributed by atoms with E-state index in [4.69, 9.17) is 0 Å². The van der Waals surface area contributed by atoms with Crippen molar-refractivity contribution in [3.63, 3.8) is 0 Å². The summed E-state index contributed by atoms with van der Waals surface area (Å²) in [5.74, 6) is 1.05. The van der Waals surface area contributed by atoms with Gasteiger partial charge in [0.05, 0.1) is 6.10 Å². The molecule has 3 aliphatic rings. The lowest BCUT2D eigenvalue weighted by Crippen LogP contribution is -2.58. The van der Waals surface area contributed by atoms with Gasteiger partial charge in [-0.15, -0.1) is 0 Å². The van der Waals surface area contributed by atoms with Crippen LogP contribution in [0.2, 0.25) is 0 Å². The van der Waals surface area contributed by atoms with Gasteiger partial charge in [0, 0.05) is 25.0 Å². The van der Waals surface area contributed by atoms with Crippen LogP contribution in [0.15, 0.2) is 0 Å². The highest BCUT2D eigenvalue weighted by Gasteiger charge is 2.44. The Balaban J connectivity index is 1.74. The summed E-state index contributed by atoms with van der Waals surface area (Å²) in [4.78, 5) is 5.06. The minimum atomic E-state index is -0.0319. The summed E-state index contributed by atoms with van der Waals surface area (Å²) in [7, 11) is 2.21. The zero-order valence-corrected chi connectivity index (χ0v) is 10.3. The third kappa shape index (κ3) is 1.79. The predicted molar refractivity (Wildman–Crippen MR) is 64.3 cm³/mol. The Bertz CT molecular complexity index is 250. The number of hydrogen-bond acceptors (Lipinski definition) is 3. The fourth-order valence-corrected chi connectivity index (χ4v) is 4.14. The van der Waals surface area contributed by atoms with E-state index in [-0.39, 0.29) is 6.10 Å². The molecule has 3 rings (SSSR count). The maximum Gasteiger partial charge on any atom is 0.0635 e. The van der Waals surface area contributed by atoms with E-state index >= 15 is 0 Å². The first kappa shape index (κ1) is 11.0. The molecule has 3 nitrogen and oxygen atoms in total. The minimum Gasteiger partial charge on any atom is -0.392 e. The largest absolute Gasteiger partial charge is 0.392 e. The average molecular weight is 224 g/mol. The normalized spacial score (nSPS) is 46.1. The number of aliphatic hydroxyl groups excluding tert-OH is 1. The molecule has 0 amide bonds. The number of piperidine rings is 1.